The molecule has 0 saturated heterocycles. The van der Waals surface area contributed by atoms with Crippen LogP contribution in [0.4, 0.5) is 0 Å². The Morgan fingerprint density at radius 2 is 1.12 bits per heavy atom. The van der Waals surface area contributed by atoms with Gasteiger partial charge in [-0.25, -0.2) is 0 Å². The van der Waals surface area contributed by atoms with Crippen LogP contribution in [0.1, 0.15) is 0 Å². The summed E-state index contributed by atoms with van der Waals surface area (Å²) in [4.78, 5) is 0. The molecule has 0 bridgehead atoms. The summed E-state index contributed by atoms with van der Waals surface area (Å²) in [6.07, 6.45) is 0. The van der Waals surface area contributed by atoms with E-state index in [1.807, 2.05) is 0 Å². The molecule has 0 rings (SSSR count). The Morgan fingerprint density at radius 1 is 1.12 bits per heavy atom. The van der Waals surface area contributed by atoms with Gasteiger partial charge in [0.15, 0.2) is 0 Å². The van der Waals surface area contributed by atoms with Crippen LogP contribution in [0.25, 0.3) is 0 Å². The molecule has 0 aromatic heterocycles. The predicted octanol–water partition coefficient (Wildman–Crippen LogP) is -2.00. The van der Waals surface area contributed by atoms with E-state index >= 15 is 0 Å². The molecular weight excluding hydrogens is 182 g/mol. The fraction of sp³-hybridized carbons (Fsp3) is 0. The van der Waals surface area contributed by atoms with Crippen molar-refractivity contribution in [2.45, 2.75) is 0 Å². The van der Waals surface area contributed by atoms with Crippen LogP contribution < -0.4 is 6.15 Å². The summed E-state index contributed by atoms with van der Waals surface area (Å²) in [5.41, 5.74) is 0. The van der Waals surface area contributed by atoms with E-state index in [1.165, 1.54) is 0 Å². The van der Waals surface area contributed by atoms with Gasteiger partial charge in [0.2, 0.25) is 0 Å². The molecule has 0 fully saturated rings. The van der Waals surface area contributed by atoms with Gasteiger partial charge in [0.1, 0.15) is 0 Å². The van der Waals surface area contributed by atoms with E-state index in [1.54, 1.807) is 0 Å². The first-order chi connectivity index (χ1) is 2.00. The van der Waals surface area contributed by atoms with Crippen LogP contribution in [0.3, 0.4) is 0 Å². The van der Waals surface area contributed by atoms with Crippen LogP contribution in [0.5, 0.6) is 0 Å². The zero-order valence-electron chi connectivity index (χ0n) is 3.60. The van der Waals surface area contributed by atoms with E-state index in [2.05, 4.69) is 0 Å². The molecule has 0 atom stereocenters. The van der Waals surface area contributed by atoms with Gasteiger partial charge in [0, 0.05) is 27.5 Å². The van der Waals surface area contributed by atoms with E-state index in [-0.39, 0.29) is 28.7 Å². The predicted molar refractivity (Wildman–Crippen MR) is 19.1 cm³/mol. The molecule has 6 nitrogen and oxygen atoms in total. The molecule has 0 unspecified atom stereocenters. The second-order valence-electron chi connectivity index (χ2n) is 0.408. The van der Waals surface area contributed by atoms with Crippen molar-refractivity contribution in [2.75, 3.05) is 0 Å². The minimum atomic E-state index is -5.17. The topological polar surface area (TPSA) is 147 Å². The van der Waals surface area contributed by atoms with Gasteiger partial charge in [0.05, 0.1) is 0 Å². The first-order valence-electron chi connectivity index (χ1n) is 0.667. The van der Waals surface area contributed by atoms with Crippen LogP contribution in [0.2, 0.25) is 0 Å². The maximum Gasteiger partial charge on any atom is 0.0311 e. The number of rotatable bonds is 0. The number of hydrogen-bond acceptors (Lipinski definition) is 5. The molecule has 0 aromatic rings. The van der Waals surface area contributed by atoms with Crippen molar-refractivity contribution in [2.24, 2.45) is 0 Å². The van der Waals surface area contributed by atoms with Crippen molar-refractivity contribution in [3.8, 4) is 0 Å². The van der Waals surface area contributed by atoms with Crippen molar-refractivity contribution in [3.63, 3.8) is 0 Å². The first kappa shape index (κ1) is 23.9. The first-order valence-corrected chi connectivity index (χ1v) is 2.00. The van der Waals surface area contributed by atoms with E-state index in [9.17, 15) is 0 Å². The summed E-state index contributed by atoms with van der Waals surface area (Å²) in [6.45, 7) is 0. The van der Waals surface area contributed by atoms with Crippen molar-refractivity contribution in [3.05, 3.63) is 0 Å². The van der Waals surface area contributed by atoms with Crippen molar-refractivity contribution < 1.29 is 40.1 Å². The maximum atomic E-state index is 8.52. The van der Waals surface area contributed by atoms with Crippen molar-refractivity contribution in [1.29, 1.82) is 0 Å². The Morgan fingerprint density at radius 3 is 1.12 bits per heavy atom. The Hall–Kier alpha value is 0.309. The minimum Gasteiger partial charge on any atom is -0.759 e. The molecule has 5 N–H and O–H groups in total. The summed E-state index contributed by atoms with van der Waals surface area (Å²) in [5.74, 6) is 0. The molecule has 0 aliphatic carbocycles. The van der Waals surface area contributed by atoms with Gasteiger partial charge in [-0.1, -0.05) is 0 Å². The second-order valence-corrected chi connectivity index (χ2v) is 1.22. The summed E-state index contributed by atoms with van der Waals surface area (Å²) in [7, 11) is -5.17. The van der Waals surface area contributed by atoms with E-state index < -0.39 is 10.4 Å². The summed E-state index contributed by atoms with van der Waals surface area (Å²) in [6, 6.07) is 0. The van der Waals surface area contributed by atoms with Crippen LogP contribution >= 0.6 is 0 Å². The third-order valence-corrected chi connectivity index (χ3v) is 0. The van der Waals surface area contributed by atoms with Crippen LogP contribution in [0.15, 0.2) is 0 Å². The average Bonchev–Trinajstić information content (AvgIpc) is 0.722. The van der Waals surface area contributed by atoms with Gasteiger partial charge in [-0.15, -0.1) is 0 Å². The van der Waals surface area contributed by atoms with Gasteiger partial charge in [-0.3, -0.25) is 8.42 Å². The molecule has 56 valence electrons. The Kier molecular flexibility index (Phi) is 21.8. The Labute approximate surface area is 57.2 Å². The molecule has 0 aliphatic rings. The van der Waals surface area contributed by atoms with E-state index in [0.717, 1.165) is 0 Å². The van der Waals surface area contributed by atoms with Gasteiger partial charge in [-0.2, -0.15) is 0 Å². The van der Waals surface area contributed by atoms with Crippen molar-refractivity contribution in [1.82, 2.24) is 6.15 Å². The third kappa shape index (κ3) is 1860. The molecule has 0 saturated carbocycles. The zero-order chi connectivity index (χ0) is 4.50. The van der Waals surface area contributed by atoms with Crippen LogP contribution in [0, 0.1) is 0 Å². The number of hydrogen-bond donors (Lipinski definition) is 1. The van der Waals surface area contributed by atoms with E-state index in [0.29, 0.717) is 0 Å². The molecule has 0 aromatic carbocycles. The van der Waals surface area contributed by atoms with Gasteiger partial charge in [-0.05, 0) is 0 Å². The quantitative estimate of drug-likeness (QED) is 0.264. The fourth-order valence-corrected chi connectivity index (χ4v) is 0. The summed E-state index contributed by atoms with van der Waals surface area (Å²) < 4.78 is 34.1. The van der Waals surface area contributed by atoms with E-state index in [4.69, 9.17) is 17.5 Å². The molecule has 8 heavy (non-hydrogen) atoms. The molecule has 0 amide bonds. The minimum absolute atomic E-state index is 0. The summed E-state index contributed by atoms with van der Waals surface area (Å²) >= 11 is 0. The molecule has 0 aliphatic heterocycles. The van der Waals surface area contributed by atoms with Crippen LogP contribution in [-0.2, 0) is 27.5 Å². The second kappa shape index (κ2) is 7.31. The van der Waals surface area contributed by atoms with Crippen molar-refractivity contribution >= 4 is 10.4 Å². The fourth-order valence-electron chi connectivity index (χ4n) is 0. The monoisotopic (exact) mass is 187 g/mol. The Balaban J connectivity index is -0.0000000267. The third-order valence-electron chi connectivity index (χ3n) is 0. The molecular formula is H5FeNO5S-2. The largest absolute Gasteiger partial charge is 0.759 e. The smallest absolute Gasteiger partial charge is 0.0311 e. The molecule has 0 spiro atoms. The van der Waals surface area contributed by atoms with Gasteiger partial charge >= 0.3 is 0 Å². The maximum absolute atomic E-state index is 8.52. The summed E-state index contributed by atoms with van der Waals surface area (Å²) in [5, 5.41) is 0. The molecule has 0 heterocycles. The van der Waals surface area contributed by atoms with Gasteiger partial charge in [0.25, 0.3) is 0 Å². The molecule has 0 radical (unpaired) electrons. The standard InChI is InChI=1S/Fe.H3N.H2O4S.H2O/c;;1-5(2,3)4;/h;1H3;(H2,1,2,3,4);1H2/p-2. The van der Waals surface area contributed by atoms with Crippen LogP contribution in [-0.4, -0.2) is 23.0 Å². The SMILES string of the molecule is N.O.O=S(=O)([O-])[O-].[Fe]. The normalized spacial score (nSPS) is 7.25. The van der Waals surface area contributed by atoms with Gasteiger partial charge < -0.3 is 20.7 Å². The molecule has 8 heteroatoms. The zero-order valence-corrected chi connectivity index (χ0v) is 5.52. The Bertz CT molecular complexity index is 95.6. The average molecular weight is 187 g/mol.